The van der Waals surface area contributed by atoms with Crippen molar-refractivity contribution in [1.82, 2.24) is 0 Å². The highest BCUT2D eigenvalue weighted by molar-refractivity contribution is 5.81. The largest absolute Gasteiger partial charge is 0.481 e. The lowest BCUT2D eigenvalue weighted by Crippen LogP contribution is -2.19. The van der Waals surface area contributed by atoms with E-state index >= 15 is 0 Å². The number of esters is 1. The number of carbonyl (C=O) groups excluding carboxylic acids is 3. The van der Waals surface area contributed by atoms with Crippen LogP contribution in [0.1, 0.15) is 105 Å². The normalized spacial score (nSPS) is 11.9. The molecule has 0 aromatic heterocycles. The van der Waals surface area contributed by atoms with Gasteiger partial charge >= 0.3 is 11.9 Å². The molecule has 0 radical (unpaired) electrons. The van der Waals surface area contributed by atoms with Gasteiger partial charge in [-0.15, -0.1) is 0 Å². The highest BCUT2D eigenvalue weighted by Gasteiger charge is 2.23. The molecule has 0 saturated heterocycles. The van der Waals surface area contributed by atoms with Gasteiger partial charge in [0, 0.05) is 25.7 Å². The monoisotopic (exact) mass is 412 g/mol. The minimum Gasteiger partial charge on any atom is -0.481 e. The number of ketones is 2. The summed E-state index contributed by atoms with van der Waals surface area (Å²) in [7, 11) is 0. The number of carboxylic acids is 1. The Morgan fingerprint density at radius 3 is 1.55 bits per heavy atom. The number of hydrogen-bond acceptors (Lipinski definition) is 5. The van der Waals surface area contributed by atoms with E-state index in [1.165, 1.54) is 0 Å². The summed E-state index contributed by atoms with van der Waals surface area (Å²) < 4.78 is 4.98. The predicted molar refractivity (Wildman–Crippen MR) is 113 cm³/mol. The standard InChI is InChI=1S/C23H40O6/c1-6-29-21(28)17-23(4,5)15-9-13-19(25)11-7-10-18(24)12-8-14-22(2,3)16-20(26)27/h6-17H2,1-5H3,(H,26,27). The van der Waals surface area contributed by atoms with Gasteiger partial charge in [-0.3, -0.25) is 19.2 Å². The van der Waals surface area contributed by atoms with E-state index in [9.17, 15) is 19.2 Å². The number of carbonyl (C=O) groups is 4. The maximum atomic E-state index is 12.0. The van der Waals surface area contributed by atoms with E-state index in [2.05, 4.69) is 0 Å². The smallest absolute Gasteiger partial charge is 0.306 e. The molecule has 0 aliphatic heterocycles. The fourth-order valence-corrected chi connectivity index (χ4v) is 3.45. The number of hydrogen-bond donors (Lipinski definition) is 1. The lowest BCUT2D eigenvalue weighted by atomic mass is 9.83. The summed E-state index contributed by atoms with van der Waals surface area (Å²) >= 11 is 0. The summed E-state index contributed by atoms with van der Waals surface area (Å²) in [6.45, 7) is 9.98. The summed E-state index contributed by atoms with van der Waals surface area (Å²) in [6, 6.07) is 0. The van der Waals surface area contributed by atoms with Gasteiger partial charge in [-0.05, 0) is 49.9 Å². The van der Waals surface area contributed by atoms with Gasteiger partial charge < -0.3 is 9.84 Å². The highest BCUT2D eigenvalue weighted by Crippen LogP contribution is 2.29. The van der Waals surface area contributed by atoms with Gasteiger partial charge in [0.1, 0.15) is 11.6 Å². The van der Waals surface area contributed by atoms with Crippen LogP contribution in [0.2, 0.25) is 0 Å². The van der Waals surface area contributed by atoms with Crippen molar-refractivity contribution in [3.63, 3.8) is 0 Å². The zero-order valence-corrected chi connectivity index (χ0v) is 19.0. The Kier molecular flexibility index (Phi) is 12.7. The van der Waals surface area contributed by atoms with Crippen LogP contribution in [-0.4, -0.2) is 35.2 Å². The quantitative estimate of drug-likeness (QED) is 0.333. The van der Waals surface area contributed by atoms with Crippen LogP contribution in [0.5, 0.6) is 0 Å². The lowest BCUT2D eigenvalue weighted by molar-refractivity contribution is -0.145. The molecule has 0 aliphatic carbocycles. The van der Waals surface area contributed by atoms with Gasteiger partial charge in [0.05, 0.1) is 19.4 Å². The Morgan fingerprint density at radius 2 is 1.14 bits per heavy atom. The average Bonchev–Trinajstić information content (AvgIpc) is 2.52. The van der Waals surface area contributed by atoms with Gasteiger partial charge in [-0.1, -0.05) is 27.7 Å². The predicted octanol–water partition coefficient (Wildman–Crippen LogP) is 5.12. The fraction of sp³-hybridized carbons (Fsp3) is 0.826. The molecule has 1 N–H and O–H groups in total. The van der Waals surface area contributed by atoms with Gasteiger partial charge in [-0.25, -0.2) is 0 Å². The molecule has 0 atom stereocenters. The molecular weight excluding hydrogens is 372 g/mol. The summed E-state index contributed by atoms with van der Waals surface area (Å²) in [4.78, 5) is 46.4. The second-order valence-electron chi connectivity index (χ2n) is 9.52. The van der Waals surface area contributed by atoms with Crippen LogP contribution in [0.4, 0.5) is 0 Å². The number of carboxylic acid groups (broad SMARTS) is 1. The molecule has 6 nitrogen and oxygen atoms in total. The van der Waals surface area contributed by atoms with E-state index in [4.69, 9.17) is 9.84 Å². The van der Waals surface area contributed by atoms with Crippen LogP contribution in [0.15, 0.2) is 0 Å². The zero-order valence-electron chi connectivity index (χ0n) is 19.0. The van der Waals surface area contributed by atoms with Crippen molar-refractivity contribution in [2.75, 3.05) is 6.61 Å². The molecule has 0 unspecified atom stereocenters. The maximum absolute atomic E-state index is 12.0. The van der Waals surface area contributed by atoms with Gasteiger partial charge in [0.25, 0.3) is 0 Å². The molecule has 0 bridgehead atoms. The van der Waals surface area contributed by atoms with Gasteiger partial charge in [-0.2, -0.15) is 0 Å². The summed E-state index contributed by atoms with van der Waals surface area (Å²) in [5.41, 5.74) is -0.486. The molecule has 0 amide bonds. The van der Waals surface area contributed by atoms with Crippen LogP contribution in [0.3, 0.4) is 0 Å². The van der Waals surface area contributed by atoms with Crippen LogP contribution in [0, 0.1) is 10.8 Å². The Labute approximate surface area is 175 Å². The van der Waals surface area contributed by atoms with Crippen molar-refractivity contribution in [3.8, 4) is 0 Å². The van der Waals surface area contributed by atoms with Gasteiger partial charge in [0.2, 0.25) is 0 Å². The number of ether oxygens (including phenoxy) is 1. The molecule has 0 aliphatic rings. The summed E-state index contributed by atoms with van der Waals surface area (Å²) in [5, 5.41) is 8.87. The molecule has 0 aromatic carbocycles. The number of aliphatic carboxylic acids is 1. The first-order valence-electron chi connectivity index (χ1n) is 10.8. The first kappa shape index (κ1) is 27.3. The molecule has 168 valence electrons. The van der Waals surface area contributed by atoms with Crippen molar-refractivity contribution in [3.05, 3.63) is 0 Å². The van der Waals surface area contributed by atoms with Crippen molar-refractivity contribution < 1.29 is 29.0 Å². The lowest BCUT2D eigenvalue weighted by Gasteiger charge is -2.23. The third kappa shape index (κ3) is 15.8. The summed E-state index contributed by atoms with van der Waals surface area (Å²) in [5.74, 6) is -0.718. The topological polar surface area (TPSA) is 97.7 Å². The van der Waals surface area contributed by atoms with Crippen LogP contribution < -0.4 is 0 Å². The SMILES string of the molecule is CCOC(=O)CC(C)(C)CCCC(=O)CCCC(=O)CCCC(C)(C)CC(=O)O. The molecule has 0 rings (SSSR count). The van der Waals surface area contributed by atoms with Gasteiger partial charge in [0.15, 0.2) is 0 Å². The highest BCUT2D eigenvalue weighted by atomic mass is 16.5. The Hall–Kier alpha value is -1.72. The molecule has 6 heteroatoms. The molecule has 0 fully saturated rings. The minimum atomic E-state index is -0.816. The van der Waals surface area contributed by atoms with E-state index in [1.807, 2.05) is 27.7 Å². The summed E-state index contributed by atoms with van der Waals surface area (Å²) in [6.07, 6.45) is 5.66. The third-order valence-corrected chi connectivity index (χ3v) is 5.09. The van der Waals surface area contributed by atoms with Crippen molar-refractivity contribution >= 4 is 23.5 Å². The van der Waals surface area contributed by atoms with Crippen LogP contribution in [-0.2, 0) is 23.9 Å². The first-order chi connectivity index (χ1) is 13.4. The van der Waals surface area contributed by atoms with Crippen molar-refractivity contribution in [2.45, 2.75) is 105 Å². The van der Waals surface area contributed by atoms with Crippen LogP contribution >= 0.6 is 0 Å². The molecule has 0 heterocycles. The first-order valence-corrected chi connectivity index (χ1v) is 10.8. The average molecular weight is 413 g/mol. The number of Topliss-reactive ketones (excluding diaryl/α,β-unsaturated/α-hetero) is 2. The second-order valence-corrected chi connectivity index (χ2v) is 9.52. The van der Waals surface area contributed by atoms with E-state index in [0.717, 1.165) is 12.8 Å². The maximum Gasteiger partial charge on any atom is 0.306 e. The van der Waals surface area contributed by atoms with Crippen LogP contribution in [0.25, 0.3) is 0 Å². The molecule has 0 saturated carbocycles. The van der Waals surface area contributed by atoms with Crippen molar-refractivity contribution in [2.24, 2.45) is 10.8 Å². The third-order valence-electron chi connectivity index (χ3n) is 5.09. The Morgan fingerprint density at radius 1 is 0.724 bits per heavy atom. The van der Waals surface area contributed by atoms with E-state index in [0.29, 0.717) is 58.0 Å². The molecular formula is C23H40O6. The minimum absolute atomic E-state index is 0.103. The van der Waals surface area contributed by atoms with E-state index in [1.54, 1.807) is 6.92 Å². The zero-order chi connectivity index (χ0) is 22.5. The number of rotatable bonds is 17. The Bertz CT molecular complexity index is 548. The molecule has 0 spiro atoms. The van der Waals surface area contributed by atoms with Crippen molar-refractivity contribution in [1.29, 1.82) is 0 Å². The van der Waals surface area contributed by atoms with E-state index in [-0.39, 0.29) is 34.8 Å². The fourth-order valence-electron chi connectivity index (χ4n) is 3.45. The second kappa shape index (κ2) is 13.5. The molecule has 0 aromatic rings. The Balaban J connectivity index is 3.91. The van der Waals surface area contributed by atoms with E-state index < -0.39 is 5.97 Å². The molecule has 29 heavy (non-hydrogen) atoms.